The van der Waals surface area contributed by atoms with Crippen LogP contribution < -0.4 is 5.32 Å². The highest BCUT2D eigenvalue weighted by molar-refractivity contribution is 5.93. The van der Waals surface area contributed by atoms with Crippen LogP contribution in [-0.4, -0.2) is 35.6 Å². The summed E-state index contributed by atoms with van der Waals surface area (Å²) >= 11 is 0. The summed E-state index contributed by atoms with van der Waals surface area (Å²) in [6.45, 7) is 4.66. The summed E-state index contributed by atoms with van der Waals surface area (Å²) in [7, 11) is 1.66. The Morgan fingerprint density at radius 1 is 1.45 bits per heavy atom. The molecule has 0 radical (unpaired) electrons. The van der Waals surface area contributed by atoms with Gasteiger partial charge in [-0.25, -0.2) is 14.0 Å². The van der Waals surface area contributed by atoms with Crippen molar-refractivity contribution in [3.8, 4) is 0 Å². The number of nitrogens with one attached hydrogen (secondary N) is 1. The Labute approximate surface area is 117 Å². The number of aromatic carboxylic acids is 1. The zero-order valence-electron chi connectivity index (χ0n) is 11.8. The summed E-state index contributed by atoms with van der Waals surface area (Å²) in [5.74, 6) is -1.83. The number of rotatable bonds is 5. The van der Waals surface area contributed by atoms with Crippen molar-refractivity contribution in [2.24, 2.45) is 5.92 Å². The van der Waals surface area contributed by atoms with Crippen LogP contribution >= 0.6 is 0 Å². The smallest absolute Gasteiger partial charge is 0.338 e. The summed E-state index contributed by atoms with van der Waals surface area (Å²) < 4.78 is 13.2. The van der Waals surface area contributed by atoms with E-state index in [9.17, 15) is 14.0 Å². The lowest BCUT2D eigenvalue weighted by Crippen LogP contribution is -2.34. The van der Waals surface area contributed by atoms with Gasteiger partial charge in [-0.1, -0.05) is 20.3 Å². The van der Waals surface area contributed by atoms with Crippen LogP contribution in [0.25, 0.3) is 0 Å². The molecule has 1 unspecified atom stereocenters. The van der Waals surface area contributed by atoms with Gasteiger partial charge in [-0.3, -0.25) is 0 Å². The highest BCUT2D eigenvalue weighted by Gasteiger charge is 2.14. The van der Waals surface area contributed by atoms with Gasteiger partial charge in [0.1, 0.15) is 5.82 Å². The number of anilines is 1. The maximum absolute atomic E-state index is 13.2. The van der Waals surface area contributed by atoms with E-state index in [0.717, 1.165) is 18.6 Å². The molecule has 5 nitrogen and oxygen atoms in total. The Hall–Kier alpha value is -2.11. The number of halogens is 1. The normalized spacial score (nSPS) is 11.8. The molecule has 1 aromatic carbocycles. The number of carboxylic acids is 1. The van der Waals surface area contributed by atoms with Crippen molar-refractivity contribution in [1.29, 1.82) is 0 Å². The second-order valence-corrected chi connectivity index (χ2v) is 4.82. The van der Waals surface area contributed by atoms with Gasteiger partial charge in [-0.05, 0) is 24.1 Å². The first-order chi connectivity index (χ1) is 9.35. The molecular weight excluding hydrogens is 263 g/mol. The molecular formula is C14H19FN2O3. The summed E-state index contributed by atoms with van der Waals surface area (Å²) in [4.78, 5) is 24.2. The fraction of sp³-hybridized carbons (Fsp3) is 0.429. The number of hydrogen-bond acceptors (Lipinski definition) is 2. The second-order valence-electron chi connectivity index (χ2n) is 4.82. The third-order valence-corrected chi connectivity index (χ3v) is 3.08. The molecule has 0 saturated carbocycles. The lowest BCUT2D eigenvalue weighted by molar-refractivity contribution is 0.0692. The van der Waals surface area contributed by atoms with Crippen LogP contribution in [0.4, 0.5) is 14.9 Å². The van der Waals surface area contributed by atoms with Crippen LogP contribution in [0.15, 0.2) is 18.2 Å². The van der Waals surface area contributed by atoms with E-state index in [1.807, 2.05) is 13.8 Å². The predicted octanol–water partition coefficient (Wildman–Crippen LogP) is 3.03. The van der Waals surface area contributed by atoms with Crippen molar-refractivity contribution < 1.29 is 19.1 Å². The van der Waals surface area contributed by atoms with Gasteiger partial charge in [-0.15, -0.1) is 0 Å². The van der Waals surface area contributed by atoms with Crippen molar-refractivity contribution in [1.82, 2.24) is 4.90 Å². The minimum atomic E-state index is -1.37. The minimum Gasteiger partial charge on any atom is -0.478 e. The van der Waals surface area contributed by atoms with Crippen molar-refractivity contribution in [3.05, 3.63) is 29.6 Å². The number of carboxylic acid groups (broad SMARTS) is 1. The maximum Gasteiger partial charge on any atom is 0.338 e. The number of carbonyl (C=O) groups excluding carboxylic acids is 1. The summed E-state index contributed by atoms with van der Waals surface area (Å²) in [6, 6.07) is 3.10. The van der Waals surface area contributed by atoms with Gasteiger partial charge >= 0.3 is 12.0 Å². The molecule has 2 N–H and O–H groups in total. The Morgan fingerprint density at radius 3 is 2.65 bits per heavy atom. The number of amides is 2. The van der Waals surface area contributed by atoms with E-state index in [1.54, 1.807) is 7.05 Å². The van der Waals surface area contributed by atoms with Gasteiger partial charge in [0.2, 0.25) is 0 Å². The average molecular weight is 282 g/mol. The second kappa shape index (κ2) is 6.88. The fourth-order valence-corrected chi connectivity index (χ4v) is 1.67. The van der Waals surface area contributed by atoms with Gasteiger partial charge in [-0.2, -0.15) is 0 Å². The van der Waals surface area contributed by atoms with Crippen LogP contribution in [0.5, 0.6) is 0 Å². The zero-order chi connectivity index (χ0) is 15.3. The van der Waals surface area contributed by atoms with Crippen LogP contribution in [0.1, 0.15) is 30.6 Å². The SMILES string of the molecule is CCC(C)CN(C)C(=O)Nc1ccc(F)c(C(=O)O)c1. The lowest BCUT2D eigenvalue weighted by atomic mass is 10.1. The van der Waals surface area contributed by atoms with Gasteiger partial charge in [0, 0.05) is 19.3 Å². The highest BCUT2D eigenvalue weighted by atomic mass is 19.1. The first-order valence-corrected chi connectivity index (χ1v) is 6.40. The lowest BCUT2D eigenvalue weighted by Gasteiger charge is -2.21. The van der Waals surface area contributed by atoms with Gasteiger partial charge < -0.3 is 15.3 Å². The van der Waals surface area contributed by atoms with Crippen molar-refractivity contribution >= 4 is 17.7 Å². The molecule has 0 saturated heterocycles. The standard InChI is InChI=1S/C14H19FN2O3/c1-4-9(2)8-17(3)14(20)16-10-5-6-12(15)11(7-10)13(18)19/h5-7,9H,4,8H2,1-3H3,(H,16,20)(H,18,19). The molecule has 0 aliphatic carbocycles. The number of carbonyl (C=O) groups is 2. The zero-order valence-corrected chi connectivity index (χ0v) is 11.8. The Bertz CT molecular complexity index is 505. The molecule has 0 bridgehead atoms. The number of benzene rings is 1. The molecule has 110 valence electrons. The van der Waals surface area contributed by atoms with Crippen molar-refractivity contribution in [2.75, 3.05) is 18.9 Å². The van der Waals surface area contributed by atoms with Crippen LogP contribution in [0.2, 0.25) is 0 Å². The third-order valence-electron chi connectivity index (χ3n) is 3.08. The molecule has 2 amide bonds. The molecule has 1 aromatic rings. The minimum absolute atomic E-state index is 0.254. The van der Waals surface area contributed by atoms with E-state index < -0.39 is 17.3 Å². The highest BCUT2D eigenvalue weighted by Crippen LogP contribution is 2.15. The Kier molecular flexibility index (Phi) is 5.49. The Balaban J connectivity index is 2.76. The molecule has 1 atom stereocenters. The predicted molar refractivity (Wildman–Crippen MR) is 74.5 cm³/mol. The Morgan fingerprint density at radius 2 is 2.10 bits per heavy atom. The van der Waals surface area contributed by atoms with E-state index >= 15 is 0 Å². The van der Waals surface area contributed by atoms with Crippen LogP contribution in [0, 0.1) is 11.7 Å². The van der Waals surface area contributed by atoms with E-state index in [-0.39, 0.29) is 11.7 Å². The number of nitrogens with zero attached hydrogens (tertiary/aromatic N) is 1. The number of urea groups is 1. The molecule has 0 spiro atoms. The van der Waals surface area contributed by atoms with Crippen molar-refractivity contribution in [3.63, 3.8) is 0 Å². The van der Waals surface area contributed by atoms with E-state index in [4.69, 9.17) is 5.11 Å². The summed E-state index contributed by atoms with van der Waals surface area (Å²) in [6.07, 6.45) is 0.956. The van der Waals surface area contributed by atoms with Crippen LogP contribution in [0.3, 0.4) is 0 Å². The molecule has 0 aliphatic rings. The molecule has 1 rings (SSSR count). The molecule has 20 heavy (non-hydrogen) atoms. The monoisotopic (exact) mass is 282 g/mol. The van der Waals surface area contributed by atoms with Gasteiger partial charge in [0.05, 0.1) is 5.56 Å². The van der Waals surface area contributed by atoms with Crippen LogP contribution in [-0.2, 0) is 0 Å². The topological polar surface area (TPSA) is 69.6 Å². The van der Waals surface area contributed by atoms with Gasteiger partial charge in [0.15, 0.2) is 0 Å². The summed E-state index contributed by atoms with van der Waals surface area (Å²) in [5.41, 5.74) is -0.211. The molecule has 0 heterocycles. The average Bonchev–Trinajstić information content (AvgIpc) is 2.40. The maximum atomic E-state index is 13.2. The quantitative estimate of drug-likeness (QED) is 0.872. The van der Waals surface area contributed by atoms with E-state index in [2.05, 4.69) is 5.32 Å². The molecule has 0 aliphatic heterocycles. The first-order valence-electron chi connectivity index (χ1n) is 6.40. The largest absolute Gasteiger partial charge is 0.478 e. The third kappa shape index (κ3) is 4.22. The molecule has 0 aromatic heterocycles. The summed E-state index contributed by atoms with van der Waals surface area (Å²) in [5, 5.41) is 11.4. The first kappa shape index (κ1) is 15.9. The van der Waals surface area contributed by atoms with E-state index in [1.165, 1.54) is 11.0 Å². The number of hydrogen-bond donors (Lipinski definition) is 2. The van der Waals surface area contributed by atoms with Crippen molar-refractivity contribution in [2.45, 2.75) is 20.3 Å². The fourth-order valence-electron chi connectivity index (χ4n) is 1.67. The molecule has 6 heteroatoms. The molecule has 0 fully saturated rings. The van der Waals surface area contributed by atoms with Gasteiger partial charge in [0.25, 0.3) is 0 Å². The van der Waals surface area contributed by atoms with E-state index in [0.29, 0.717) is 12.5 Å².